The first-order chi connectivity index (χ1) is 15.7. The summed E-state index contributed by atoms with van der Waals surface area (Å²) in [5, 5.41) is 3.83. The molecule has 1 aliphatic rings. The lowest BCUT2D eigenvalue weighted by Gasteiger charge is -2.20. The first-order valence-electron chi connectivity index (χ1n) is 10.1. The standard InChI is InChI=1S/C22H20F5N3O3/c1-31-18-9-13(5-8-17(18)32-21(23)24)11-30(16-6-7-16)12-19-28-20(29-33-19)14-3-2-4-15(10-14)22(25,26)27/h2-5,8-10,16,21H,6-7,11-12H2,1H3. The third-order valence-electron chi connectivity index (χ3n) is 5.15. The van der Waals surface area contributed by atoms with Gasteiger partial charge < -0.3 is 14.0 Å². The molecule has 0 unspecified atom stereocenters. The summed E-state index contributed by atoms with van der Waals surface area (Å²) in [6.07, 6.45) is -2.53. The molecule has 0 saturated heterocycles. The van der Waals surface area contributed by atoms with Crippen molar-refractivity contribution in [2.45, 2.75) is 44.8 Å². The highest BCUT2D eigenvalue weighted by Gasteiger charge is 2.32. The lowest BCUT2D eigenvalue weighted by atomic mass is 10.1. The monoisotopic (exact) mass is 469 g/mol. The van der Waals surface area contributed by atoms with E-state index >= 15 is 0 Å². The van der Waals surface area contributed by atoms with E-state index < -0.39 is 18.4 Å². The molecular weight excluding hydrogens is 449 g/mol. The molecule has 33 heavy (non-hydrogen) atoms. The average Bonchev–Trinajstić information content (AvgIpc) is 3.52. The molecule has 0 aliphatic heterocycles. The summed E-state index contributed by atoms with van der Waals surface area (Å²) in [5.41, 5.74) is 0.217. The zero-order valence-electron chi connectivity index (χ0n) is 17.5. The van der Waals surface area contributed by atoms with Crippen LogP contribution in [-0.4, -0.2) is 34.8 Å². The van der Waals surface area contributed by atoms with Gasteiger partial charge in [0.05, 0.1) is 19.2 Å². The summed E-state index contributed by atoms with van der Waals surface area (Å²) in [4.78, 5) is 6.34. The maximum Gasteiger partial charge on any atom is 0.416 e. The Bertz CT molecular complexity index is 1100. The zero-order chi connectivity index (χ0) is 23.6. The van der Waals surface area contributed by atoms with Gasteiger partial charge in [0, 0.05) is 18.2 Å². The van der Waals surface area contributed by atoms with Crippen LogP contribution < -0.4 is 9.47 Å². The second kappa shape index (κ2) is 9.34. The molecule has 6 nitrogen and oxygen atoms in total. The van der Waals surface area contributed by atoms with Gasteiger partial charge in [-0.1, -0.05) is 23.4 Å². The minimum Gasteiger partial charge on any atom is -0.493 e. The number of ether oxygens (including phenoxy) is 2. The van der Waals surface area contributed by atoms with Gasteiger partial charge in [0.2, 0.25) is 11.7 Å². The Balaban J connectivity index is 1.49. The molecule has 0 bridgehead atoms. The summed E-state index contributed by atoms with van der Waals surface area (Å²) in [5.74, 6) is 0.464. The molecule has 1 aliphatic carbocycles. The third-order valence-corrected chi connectivity index (χ3v) is 5.15. The quantitative estimate of drug-likeness (QED) is 0.384. The lowest BCUT2D eigenvalue weighted by molar-refractivity contribution is -0.137. The number of halogens is 5. The van der Waals surface area contributed by atoms with Crippen molar-refractivity contribution in [2.24, 2.45) is 0 Å². The van der Waals surface area contributed by atoms with Gasteiger partial charge in [-0.05, 0) is 42.7 Å². The number of aromatic nitrogens is 2. The van der Waals surface area contributed by atoms with Crippen LogP contribution in [0.15, 0.2) is 47.0 Å². The highest BCUT2D eigenvalue weighted by molar-refractivity contribution is 5.55. The van der Waals surface area contributed by atoms with E-state index in [0.29, 0.717) is 6.54 Å². The maximum atomic E-state index is 13.0. The van der Waals surface area contributed by atoms with E-state index in [2.05, 4.69) is 19.8 Å². The van der Waals surface area contributed by atoms with Crippen LogP contribution in [0.5, 0.6) is 11.5 Å². The van der Waals surface area contributed by atoms with E-state index in [9.17, 15) is 22.0 Å². The van der Waals surface area contributed by atoms with E-state index in [4.69, 9.17) is 9.26 Å². The molecule has 1 fully saturated rings. The van der Waals surface area contributed by atoms with Crippen LogP contribution in [0.1, 0.15) is 29.9 Å². The Morgan fingerprint density at radius 3 is 2.55 bits per heavy atom. The van der Waals surface area contributed by atoms with Gasteiger partial charge in [-0.3, -0.25) is 4.90 Å². The molecule has 0 spiro atoms. The molecule has 1 heterocycles. The normalized spacial score (nSPS) is 14.2. The molecule has 4 rings (SSSR count). The molecule has 1 aromatic heterocycles. The number of benzene rings is 2. The molecule has 176 valence electrons. The predicted octanol–water partition coefficient (Wildman–Crippen LogP) is 5.53. The van der Waals surface area contributed by atoms with Crippen LogP contribution in [0.25, 0.3) is 11.4 Å². The highest BCUT2D eigenvalue weighted by atomic mass is 19.4. The Morgan fingerprint density at radius 2 is 1.88 bits per heavy atom. The van der Waals surface area contributed by atoms with Crippen molar-refractivity contribution in [3.8, 4) is 22.9 Å². The van der Waals surface area contributed by atoms with Crippen LogP contribution >= 0.6 is 0 Å². The fourth-order valence-corrected chi connectivity index (χ4v) is 3.44. The van der Waals surface area contributed by atoms with Gasteiger partial charge in [0.25, 0.3) is 0 Å². The van der Waals surface area contributed by atoms with E-state index in [0.717, 1.165) is 30.5 Å². The second-order valence-corrected chi connectivity index (χ2v) is 7.59. The third kappa shape index (κ3) is 5.78. The first kappa shape index (κ1) is 23.0. The Labute approximate surface area is 185 Å². The fourth-order valence-electron chi connectivity index (χ4n) is 3.44. The van der Waals surface area contributed by atoms with Crippen molar-refractivity contribution in [1.29, 1.82) is 0 Å². The maximum absolute atomic E-state index is 13.0. The minimum absolute atomic E-state index is 0.0585. The summed E-state index contributed by atoms with van der Waals surface area (Å²) < 4.78 is 78.9. The van der Waals surface area contributed by atoms with Gasteiger partial charge in [-0.15, -0.1) is 0 Å². The topological polar surface area (TPSA) is 60.6 Å². The van der Waals surface area contributed by atoms with Crippen LogP contribution in [0.3, 0.4) is 0 Å². The second-order valence-electron chi connectivity index (χ2n) is 7.59. The zero-order valence-corrected chi connectivity index (χ0v) is 17.5. The van der Waals surface area contributed by atoms with Crippen molar-refractivity contribution in [1.82, 2.24) is 15.0 Å². The summed E-state index contributed by atoms with van der Waals surface area (Å²) >= 11 is 0. The van der Waals surface area contributed by atoms with E-state index in [1.165, 1.54) is 25.3 Å². The largest absolute Gasteiger partial charge is 0.493 e. The van der Waals surface area contributed by atoms with Crippen LogP contribution in [-0.2, 0) is 19.3 Å². The summed E-state index contributed by atoms with van der Waals surface area (Å²) in [6.45, 7) is -2.22. The molecule has 1 saturated carbocycles. The number of nitrogens with zero attached hydrogens (tertiary/aromatic N) is 3. The van der Waals surface area contributed by atoms with Gasteiger partial charge >= 0.3 is 12.8 Å². The average molecular weight is 469 g/mol. The van der Waals surface area contributed by atoms with Crippen LogP contribution in [0.4, 0.5) is 22.0 Å². The Kier molecular flexibility index (Phi) is 6.50. The van der Waals surface area contributed by atoms with E-state index in [1.807, 2.05) is 0 Å². The molecule has 3 aromatic rings. The van der Waals surface area contributed by atoms with Crippen molar-refractivity contribution in [3.05, 3.63) is 59.5 Å². The number of rotatable bonds is 9. The molecule has 0 amide bonds. The van der Waals surface area contributed by atoms with E-state index in [-0.39, 0.29) is 41.4 Å². The first-order valence-corrected chi connectivity index (χ1v) is 10.1. The van der Waals surface area contributed by atoms with Crippen LogP contribution in [0.2, 0.25) is 0 Å². The predicted molar refractivity (Wildman–Crippen MR) is 107 cm³/mol. The summed E-state index contributed by atoms with van der Waals surface area (Å²) in [6, 6.07) is 9.71. The van der Waals surface area contributed by atoms with Gasteiger partial charge in [0.15, 0.2) is 11.5 Å². The van der Waals surface area contributed by atoms with Gasteiger partial charge in [-0.2, -0.15) is 26.9 Å². The van der Waals surface area contributed by atoms with Gasteiger partial charge in [0.1, 0.15) is 0 Å². The molecule has 0 radical (unpaired) electrons. The lowest BCUT2D eigenvalue weighted by Crippen LogP contribution is -2.25. The molecule has 11 heteroatoms. The number of alkyl halides is 5. The SMILES string of the molecule is COc1cc(CN(Cc2nc(-c3cccc(C(F)(F)F)c3)no2)C2CC2)ccc1OC(F)F. The van der Waals surface area contributed by atoms with Crippen molar-refractivity contribution in [3.63, 3.8) is 0 Å². The number of hydrogen-bond donors (Lipinski definition) is 0. The smallest absolute Gasteiger partial charge is 0.416 e. The Morgan fingerprint density at radius 1 is 1.09 bits per heavy atom. The molecular formula is C22H20F5N3O3. The summed E-state index contributed by atoms with van der Waals surface area (Å²) in [7, 11) is 1.36. The van der Waals surface area contributed by atoms with Crippen LogP contribution in [0, 0.1) is 0 Å². The fraction of sp³-hybridized carbons (Fsp3) is 0.364. The van der Waals surface area contributed by atoms with Crippen molar-refractivity contribution < 1.29 is 35.9 Å². The highest BCUT2D eigenvalue weighted by Crippen LogP contribution is 2.34. The van der Waals surface area contributed by atoms with E-state index in [1.54, 1.807) is 12.1 Å². The van der Waals surface area contributed by atoms with Crippen molar-refractivity contribution >= 4 is 0 Å². The molecule has 2 aromatic carbocycles. The number of methoxy groups -OCH3 is 1. The molecule has 0 N–H and O–H groups in total. The minimum atomic E-state index is -4.47. The van der Waals surface area contributed by atoms with Crippen molar-refractivity contribution in [2.75, 3.05) is 7.11 Å². The Hall–Kier alpha value is -3.21. The van der Waals surface area contributed by atoms with Gasteiger partial charge in [-0.25, -0.2) is 0 Å². The number of hydrogen-bond acceptors (Lipinski definition) is 6. The molecule has 0 atom stereocenters.